The number of likely N-dealkylation sites (tertiary alicyclic amines) is 1. The maximum atomic E-state index is 13.5. The highest BCUT2D eigenvalue weighted by atomic mass is 19.4. The van der Waals surface area contributed by atoms with Gasteiger partial charge in [-0.05, 0) is 30.7 Å². The average Bonchev–Trinajstić information content (AvgIpc) is 2.54. The van der Waals surface area contributed by atoms with Crippen LogP contribution in [0.25, 0.3) is 0 Å². The van der Waals surface area contributed by atoms with Crippen LogP contribution in [-0.2, 0) is 11.2 Å². The van der Waals surface area contributed by atoms with Gasteiger partial charge in [-0.1, -0.05) is 30.3 Å². The first-order chi connectivity index (χ1) is 11.5. The van der Waals surface area contributed by atoms with E-state index in [-0.39, 0.29) is 31.8 Å². The fraction of sp³-hybridized carbons (Fsp3) is 0.562. The summed E-state index contributed by atoms with van der Waals surface area (Å²) in [7, 11) is 0. The zero-order chi connectivity index (χ0) is 18.9. The Morgan fingerprint density at radius 1 is 0.960 bits per heavy atom. The number of alkyl halides is 7. The second-order valence-corrected chi connectivity index (χ2v) is 6.07. The van der Waals surface area contributed by atoms with Crippen molar-refractivity contribution >= 4 is 5.91 Å². The first-order valence-electron chi connectivity index (χ1n) is 7.62. The van der Waals surface area contributed by atoms with Crippen LogP contribution in [0.5, 0.6) is 0 Å². The molecular weight excluding hydrogens is 355 g/mol. The monoisotopic (exact) mass is 371 g/mol. The minimum atomic E-state index is -6.50. The summed E-state index contributed by atoms with van der Waals surface area (Å²) >= 11 is 0. The van der Waals surface area contributed by atoms with Crippen LogP contribution < -0.4 is 0 Å². The lowest BCUT2D eigenvalue weighted by atomic mass is 9.90. The third kappa shape index (κ3) is 3.90. The molecule has 1 fully saturated rings. The Balaban J connectivity index is 1.99. The number of carbonyl (C=O) groups is 1. The third-order valence-corrected chi connectivity index (χ3v) is 4.29. The maximum Gasteiger partial charge on any atom is 0.460 e. The summed E-state index contributed by atoms with van der Waals surface area (Å²) < 4.78 is 89.3. The lowest BCUT2D eigenvalue weighted by Gasteiger charge is -2.36. The highest BCUT2D eigenvalue weighted by Gasteiger charge is 2.76. The number of benzene rings is 1. The molecule has 1 saturated heterocycles. The lowest BCUT2D eigenvalue weighted by Crippen LogP contribution is -2.61. The van der Waals surface area contributed by atoms with E-state index in [9.17, 15) is 35.5 Å². The standard InChI is InChI=1S/C16H16F7NO/c17-14(18,15(19,20)16(21,22)23)13(25)24-8-6-12(7-9-24)10-11-4-2-1-3-5-11/h1-5,12H,6-10H2. The quantitative estimate of drug-likeness (QED) is 0.723. The summed E-state index contributed by atoms with van der Waals surface area (Å²) in [4.78, 5) is 12.0. The summed E-state index contributed by atoms with van der Waals surface area (Å²) in [5.74, 6) is -14.7. The van der Waals surface area contributed by atoms with Crippen molar-refractivity contribution in [2.45, 2.75) is 37.3 Å². The minimum Gasteiger partial charge on any atom is -0.337 e. The molecule has 1 aromatic rings. The van der Waals surface area contributed by atoms with Crippen molar-refractivity contribution in [2.75, 3.05) is 13.1 Å². The van der Waals surface area contributed by atoms with Crippen molar-refractivity contribution in [3.63, 3.8) is 0 Å². The zero-order valence-electron chi connectivity index (χ0n) is 13.0. The number of hydrogen-bond donors (Lipinski definition) is 0. The van der Waals surface area contributed by atoms with E-state index < -0.39 is 23.9 Å². The van der Waals surface area contributed by atoms with Crippen LogP contribution in [0.3, 0.4) is 0 Å². The molecule has 25 heavy (non-hydrogen) atoms. The highest BCUT2D eigenvalue weighted by Crippen LogP contribution is 2.47. The highest BCUT2D eigenvalue weighted by molar-refractivity contribution is 5.85. The lowest BCUT2D eigenvalue weighted by molar-refractivity contribution is -0.346. The summed E-state index contributed by atoms with van der Waals surface area (Å²) in [5.41, 5.74) is 1.00. The van der Waals surface area contributed by atoms with E-state index in [1.54, 1.807) is 0 Å². The van der Waals surface area contributed by atoms with Crippen LogP contribution >= 0.6 is 0 Å². The molecule has 0 spiro atoms. The Morgan fingerprint density at radius 2 is 1.48 bits per heavy atom. The van der Waals surface area contributed by atoms with Gasteiger partial charge in [-0.3, -0.25) is 4.79 Å². The van der Waals surface area contributed by atoms with E-state index in [2.05, 4.69) is 0 Å². The summed E-state index contributed by atoms with van der Waals surface area (Å²) in [6, 6.07) is 9.22. The van der Waals surface area contributed by atoms with Gasteiger partial charge in [-0.15, -0.1) is 0 Å². The van der Waals surface area contributed by atoms with Crippen LogP contribution in [0.15, 0.2) is 30.3 Å². The van der Waals surface area contributed by atoms with Gasteiger partial charge >= 0.3 is 18.0 Å². The molecule has 9 heteroatoms. The van der Waals surface area contributed by atoms with Crippen LogP contribution in [0.4, 0.5) is 30.7 Å². The predicted octanol–water partition coefficient (Wildman–Crippen LogP) is 4.30. The van der Waals surface area contributed by atoms with Gasteiger partial charge in [0, 0.05) is 13.1 Å². The Bertz CT molecular complexity index is 592. The van der Waals surface area contributed by atoms with Gasteiger partial charge in [0.15, 0.2) is 0 Å². The van der Waals surface area contributed by atoms with Gasteiger partial charge in [-0.2, -0.15) is 30.7 Å². The molecule has 0 bridgehead atoms. The fourth-order valence-electron chi connectivity index (χ4n) is 2.80. The van der Waals surface area contributed by atoms with Gasteiger partial charge in [0.05, 0.1) is 0 Å². The molecule has 1 aliphatic rings. The molecular formula is C16H16F7NO. The molecule has 0 aliphatic carbocycles. The molecule has 0 atom stereocenters. The van der Waals surface area contributed by atoms with E-state index in [1.165, 1.54) is 0 Å². The Hall–Kier alpha value is -1.80. The number of hydrogen-bond acceptors (Lipinski definition) is 1. The van der Waals surface area contributed by atoms with Crippen molar-refractivity contribution in [1.29, 1.82) is 0 Å². The van der Waals surface area contributed by atoms with E-state index in [4.69, 9.17) is 0 Å². The van der Waals surface area contributed by atoms with Crippen molar-refractivity contribution in [1.82, 2.24) is 4.90 Å². The minimum absolute atomic E-state index is 0.0446. The summed E-state index contributed by atoms with van der Waals surface area (Å²) in [6.07, 6.45) is -5.36. The number of rotatable bonds is 4. The normalized spacial score (nSPS) is 17.6. The van der Waals surface area contributed by atoms with Crippen LogP contribution in [0.1, 0.15) is 18.4 Å². The van der Waals surface area contributed by atoms with Gasteiger partial charge in [0.25, 0.3) is 5.91 Å². The van der Waals surface area contributed by atoms with Crippen molar-refractivity contribution in [2.24, 2.45) is 5.92 Å². The SMILES string of the molecule is O=C(N1CCC(Cc2ccccc2)CC1)C(F)(F)C(F)(F)C(F)(F)F. The molecule has 0 unspecified atom stereocenters. The molecule has 1 heterocycles. The maximum absolute atomic E-state index is 13.5. The molecule has 1 aliphatic heterocycles. The Kier molecular flexibility index (Phi) is 5.34. The van der Waals surface area contributed by atoms with E-state index >= 15 is 0 Å². The molecule has 2 rings (SSSR count). The van der Waals surface area contributed by atoms with Crippen molar-refractivity contribution in [3.05, 3.63) is 35.9 Å². The van der Waals surface area contributed by atoms with Gasteiger partial charge in [-0.25, -0.2) is 0 Å². The molecule has 0 radical (unpaired) electrons. The topological polar surface area (TPSA) is 20.3 Å². The van der Waals surface area contributed by atoms with Crippen molar-refractivity contribution in [3.8, 4) is 0 Å². The number of piperidine rings is 1. The summed E-state index contributed by atoms with van der Waals surface area (Å²) in [6.45, 7) is -0.556. The summed E-state index contributed by atoms with van der Waals surface area (Å²) in [5, 5.41) is 0. The van der Waals surface area contributed by atoms with Crippen LogP contribution in [0.2, 0.25) is 0 Å². The van der Waals surface area contributed by atoms with E-state index in [1.807, 2.05) is 30.3 Å². The Labute approximate surface area is 139 Å². The molecule has 2 nitrogen and oxygen atoms in total. The van der Waals surface area contributed by atoms with Crippen LogP contribution in [-0.4, -0.2) is 41.9 Å². The van der Waals surface area contributed by atoms with Gasteiger partial charge in [0.1, 0.15) is 0 Å². The smallest absolute Gasteiger partial charge is 0.337 e. The average molecular weight is 371 g/mol. The molecule has 0 aromatic heterocycles. The molecule has 1 amide bonds. The largest absolute Gasteiger partial charge is 0.460 e. The second kappa shape index (κ2) is 6.84. The van der Waals surface area contributed by atoms with E-state index in [0.717, 1.165) is 5.56 Å². The van der Waals surface area contributed by atoms with Gasteiger partial charge < -0.3 is 4.90 Å². The molecule has 140 valence electrons. The molecule has 0 saturated carbocycles. The fourth-order valence-corrected chi connectivity index (χ4v) is 2.80. The number of carbonyl (C=O) groups excluding carboxylic acids is 1. The second-order valence-electron chi connectivity index (χ2n) is 6.07. The third-order valence-electron chi connectivity index (χ3n) is 4.29. The first kappa shape index (κ1) is 19.5. The zero-order valence-corrected chi connectivity index (χ0v) is 13.0. The number of nitrogens with zero attached hydrogens (tertiary/aromatic N) is 1. The molecule has 1 aromatic carbocycles. The van der Waals surface area contributed by atoms with E-state index in [0.29, 0.717) is 11.3 Å². The van der Waals surface area contributed by atoms with Crippen molar-refractivity contribution < 1.29 is 35.5 Å². The number of amides is 1. The van der Waals surface area contributed by atoms with Crippen LogP contribution in [0, 0.1) is 5.92 Å². The number of halogens is 7. The first-order valence-corrected chi connectivity index (χ1v) is 7.62. The predicted molar refractivity (Wildman–Crippen MR) is 75.4 cm³/mol. The Morgan fingerprint density at radius 3 is 1.96 bits per heavy atom. The molecule has 0 N–H and O–H groups in total. The van der Waals surface area contributed by atoms with Gasteiger partial charge in [0.2, 0.25) is 0 Å².